The van der Waals surface area contributed by atoms with Crippen LogP contribution in [-0.2, 0) is 13.2 Å². The first kappa shape index (κ1) is 20.8. The van der Waals surface area contributed by atoms with Gasteiger partial charge in [-0.15, -0.1) is 0 Å². The molecular weight excluding hydrogens is 376 g/mol. The van der Waals surface area contributed by atoms with Gasteiger partial charge in [-0.05, 0) is 50.1 Å². The molecule has 6 heteroatoms. The molecule has 0 unspecified atom stereocenters. The zero-order valence-electron chi connectivity index (χ0n) is 15.5. The summed E-state index contributed by atoms with van der Waals surface area (Å²) in [4.78, 5) is 0. The average molecular weight is 400 g/mol. The Labute approximate surface area is 164 Å². The molecule has 0 heterocycles. The van der Waals surface area contributed by atoms with Gasteiger partial charge in [-0.1, -0.05) is 36.2 Å². The summed E-state index contributed by atoms with van der Waals surface area (Å²) in [6.07, 6.45) is 1.00. The molecule has 0 fully saturated rings. The van der Waals surface area contributed by atoms with Crippen LogP contribution in [0.5, 0.6) is 11.5 Å². The number of hydrogen-bond acceptors (Lipinski definition) is 3. The van der Waals surface area contributed by atoms with Crippen molar-refractivity contribution in [3.8, 4) is 11.5 Å². The Morgan fingerprint density at radius 1 is 1.15 bits per heavy atom. The third-order valence-electron chi connectivity index (χ3n) is 4.37. The van der Waals surface area contributed by atoms with Gasteiger partial charge in [0.05, 0.1) is 17.2 Å². The molecule has 0 saturated carbocycles. The van der Waals surface area contributed by atoms with Crippen molar-refractivity contribution in [3.63, 3.8) is 0 Å². The van der Waals surface area contributed by atoms with Gasteiger partial charge in [-0.2, -0.15) is 0 Å². The minimum atomic E-state index is -0.421. The molecule has 2 rings (SSSR count). The Balaban J connectivity index is 2.19. The number of hydrogen-bond donors (Lipinski definition) is 1. The average Bonchev–Trinajstić information content (AvgIpc) is 2.60. The molecular formula is C20H24Cl2FNO2. The molecule has 0 aliphatic rings. The molecule has 0 aliphatic carbocycles. The molecule has 1 N–H and O–H groups in total. The number of benzene rings is 2. The van der Waals surface area contributed by atoms with Crippen LogP contribution in [0.2, 0.25) is 10.0 Å². The first-order chi connectivity index (χ1) is 12.3. The van der Waals surface area contributed by atoms with Crippen LogP contribution in [-0.4, -0.2) is 12.6 Å². The van der Waals surface area contributed by atoms with E-state index in [-0.39, 0.29) is 17.7 Å². The third kappa shape index (κ3) is 5.26. The lowest BCUT2D eigenvalue weighted by Crippen LogP contribution is -2.37. The number of nitrogens with one attached hydrogen (secondary N) is 1. The summed E-state index contributed by atoms with van der Waals surface area (Å²) in [5.41, 5.74) is 1.28. The monoisotopic (exact) mass is 399 g/mol. The van der Waals surface area contributed by atoms with E-state index in [1.54, 1.807) is 19.2 Å². The Morgan fingerprint density at radius 3 is 2.50 bits per heavy atom. The number of methoxy groups -OCH3 is 1. The molecule has 0 aromatic heterocycles. The highest BCUT2D eigenvalue weighted by molar-refractivity contribution is 6.32. The predicted octanol–water partition coefficient (Wildman–Crippen LogP) is 6.00. The second-order valence-electron chi connectivity index (χ2n) is 6.69. The van der Waals surface area contributed by atoms with Crippen molar-refractivity contribution >= 4 is 23.2 Å². The fourth-order valence-electron chi connectivity index (χ4n) is 2.30. The van der Waals surface area contributed by atoms with Crippen molar-refractivity contribution in [1.82, 2.24) is 5.32 Å². The maximum Gasteiger partial charge on any atom is 0.180 e. The molecule has 0 bridgehead atoms. The first-order valence-electron chi connectivity index (χ1n) is 8.44. The van der Waals surface area contributed by atoms with Crippen LogP contribution in [0.1, 0.15) is 38.3 Å². The van der Waals surface area contributed by atoms with Gasteiger partial charge in [0.15, 0.2) is 11.5 Å². The normalized spacial score (nSPS) is 11.5. The molecule has 26 heavy (non-hydrogen) atoms. The molecule has 0 saturated heterocycles. The Morgan fingerprint density at radius 2 is 1.88 bits per heavy atom. The lowest BCUT2D eigenvalue weighted by molar-refractivity contribution is 0.279. The molecule has 142 valence electrons. The van der Waals surface area contributed by atoms with Crippen LogP contribution in [0, 0.1) is 5.82 Å². The molecule has 0 aliphatic heterocycles. The summed E-state index contributed by atoms with van der Waals surface area (Å²) >= 11 is 12.4. The summed E-state index contributed by atoms with van der Waals surface area (Å²) in [5, 5.41) is 4.19. The summed E-state index contributed by atoms with van der Waals surface area (Å²) in [5.74, 6) is 0.443. The van der Waals surface area contributed by atoms with E-state index in [1.807, 2.05) is 12.1 Å². The smallest absolute Gasteiger partial charge is 0.180 e. The van der Waals surface area contributed by atoms with Gasteiger partial charge in [-0.3, -0.25) is 0 Å². The summed E-state index contributed by atoms with van der Waals surface area (Å²) in [6.45, 7) is 7.02. The van der Waals surface area contributed by atoms with Crippen LogP contribution in [0.4, 0.5) is 4.39 Å². The molecule has 0 spiro atoms. The molecule has 0 radical (unpaired) electrons. The van der Waals surface area contributed by atoms with Gasteiger partial charge in [0.1, 0.15) is 12.4 Å². The van der Waals surface area contributed by atoms with Crippen molar-refractivity contribution in [2.24, 2.45) is 0 Å². The van der Waals surface area contributed by atoms with Crippen molar-refractivity contribution in [2.75, 3.05) is 7.11 Å². The largest absolute Gasteiger partial charge is 0.493 e. The SMILES string of the molecule is CCC(C)(C)NCc1cc(Cl)c(OCc2c(F)cccc2Cl)c(OC)c1. The van der Waals surface area contributed by atoms with Crippen molar-refractivity contribution < 1.29 is 13.9 Å². The van der Waals surface area contributed by atoms with E-state index in [2.05, 4.69) is 26.1 Å². The number of ether oxygens (including phenoxy) is 2. The lowest BCUT2D eigenvalue weighted by atomic mass is 10.0. The van der Waals surface area contributed by atoms with E-state index in [0.717, 1.165) is 12.0 Å². The van der Waals surface area contributed by atoms with E-state index in [9.17, 15) is 4.39 Å². The third-order valence-corrected chi connectivity index (χ3v) is 5.00. The van der Waals surface area contributed by atoms with E-state index < -0.39 is 5.82 Å². The standard InChI is InChI=1S/C20H24Cl2FNO2/c1-5-20(2,3)24-11-13-9-16(22)19(18(10-13)25-4)26-12-14-15(21)7-6-8-17(14)23/h6-10,24H,5,11-12H2,1-4H3. The molecule has 3 nitrogen and oxygen atoms in total. The van der Waals surface area contributed by atoms with Crippen LogP contribution in [0.15, 0.2) is 30.3 Å². The first-order valence-corrected chi connectivity index (χ1v) is 9.20. The highest BCUT2D eigenvalue weighted by Crippen LogP contribution is 2.37. The highest BCUT2D eigenvalue weighted by atomic mass is 35.5. The molecule has 0 amide bonds. The van der Waals surface area contributed by atoms with E-state index in [0.29, 0.717) is 28.1 Å². The van der Waals surface area contributed by atoms with Crippen LogP contribution in [0.3, 0.4) is 0 Å². The molecule has 0 atom stereocenters. The Hall–Kier alpha value is -1.49. The fourth-order valence-corrected chi connectivity index (χ4v) is 2.80. The van der Waals surface area contributed by atoms with Crippen molar-refractivity contribution in [3.05, 3.63) is 57.3 Å². The Bertz CT molecular complexity index is 745. The van der Waals surface area contributed by atoms with Gasteiger partial charge >= 0.3 is 0 Å². The minimum absolute atomic E-state index is 0.0243. The van der Waals surface area contributed by atoms with Gasteiger partial charge in [0.2, 0.25) is 0 Å². The van der Waals surface area contributed by atoms with Crippen molar-refractivity contribution in [2.45, 2.75) is 45.9 Å². The number of halogens is 3. The second-order valence-corrected chi connectivity index (χ2v) is 7.50. The predicted molar refractivity (Wildman–Crippen MR) is 105 cm³/mol. The van der Waals surface area contributed by atoms with Gasteiger partial charge < -0.3 is 14.8 Å². The maximum absolute atomic E-state index is 13.9. The van der Waals surface area contributed by atoms with Crippen molar-refractivity contribution in [1.29, 1.82) is 0 Å². The molecule has 2 aromatic rings. The zero-order valence-corrected chi connectivity index (χ0v) is 17.0. The van der Waals surface area contributed by atoms with Gasteiger partial charge in [0.25, 0.3) is 0 Å². The second kappa shape index (κ2) is 8.94. The summed E-state index contributed by atoms with van der Waals surface area (Å²) in [6, 6.07) is 8.19. The topological polar surface area (TPSA) is 30.5 Å². The van der Waals surface area contributed by atoms with E-state index in [1.165, 1.54) is 6.07 Å². The summed E-state index contributed by atoms with van der Waals surface area (Å²) in [7, 11) is 1.54. The zero-order chi connectivity index (χ0) is 19.3. The van der Waals surface area contributed by atoms with E-state index in [4.69, 9.17) is 32.7 Å². The van der Waals surface area contributed by atoms with Gasteiger partial charge in [-0.25, -0.2) is 4.39 Å². The maximum atomic E-state index is 13.9. The van der Waals surface area contributed by atoms with E-state index >= 15 is 0 Å². The highest BCUT2D eigenvalue weighted by Gasteiger charge is 2.17. The quantitative estimate of drug-likeness (QED) is 0.590. The lowest BCUT2D eigenvalue weighted by Gasteiger charge is -2.25. The molecule has 2 aromatic carbocycles. The van der Waals surface area contributed by atoms with Crippen LogP contribution in [0.25, 0.3) is 0 Å². The van der Waals surface area contributed by atoms with Crippen LogP contribution < -0.4 is 14.8 Å². The Kier molecular flexibility index (Phi) is 7.16. The fraction of sp³-hybridized carbons (Fsp3) is 0.400. The van der Waals surface area contributed by atoms with Gasteiger partial charge in [0, 0.05) is 17.6 Å². The summed E-state index contributed by atoms with van der Waals surface area (Å²) < 4.78 is 25.0. The minimum Gasteiger partial charge on any atom is -0.493 e. The number of rotatable bonds is 8. The van der Waals surface area contributed by atoms with Crippen LogP contribution >= 0.6 is 23.2 Å².